The molecule has 2 atom stereocenters. The Morgan fingerprint density at radius 3 is 2.43 bits per heavy atom. The number of aromatic nitrogens is 3. The van der Waals surface area contributed by atoms with Gasteiger partial charge >= 0.3 is 0 Å². The molecule has 0 aliphatic heterocycles. The van der Waals surface area contributed by atoms with Gasteiger partial charge in [0, 0.05) is 5.02 Å². The van der Waals surface area contributed by atoms with Gasteiger partial charge in [0.1, 0.15) is 24.0 Å². The summed E-state index contributed by atoms with van der Waals surface area (Å²) in [5.41, 5.74) is -0.594. The minimum absolute atomic E-state index is 0.575. The monoisotopic (exact) mass is 329 g/mol. The smallest absolute Gasteiger partial charge is 0.225 e. The van der Waals surface area contributed by atoms with Gasteiger partial charge in [-0.3, -0.25) is 0 Å². The van der Waals surface area contributed by atoms with E-state index in [0.717, 1.165) is 5.56 Å². The first-order chi connectivity index (χ1) is 11.1. The molecule has 118 valence electrons. The largest absolute Gasteiger partial charge is 0.465 e. The molecule has 0 spiro atoms. The van der Waals surface area contributed by atoms with Gasteiger partial charge in [-0.15, -0.1) is 0 Å². The second kappa shape index (κ2) is 6.40. The highest BCUT2D eigenvalue weighted by Crippen LogP contribution is 2.34. The maximum Gasteiger partial charge on any atom is 0.225 e. The van der Waals surface area contributed by atoms with E-state index in [1.54, 1.807) is 31.2 Å². The zero-order valence-electron chi connectivity index (χ0n) is 12.5. The summed E-state index contributed by atoms with van der Waals surface area (Å²) in [6.45, 7) is 1.69. The lowest BCUT2D eigenvalue weighted by molar-refractivity contribution is -0.0979. The molecule has 6 heteroatoms. The molecule has 3 rings (SSSR count). The van der Waals surface area contributed by atoms with Crippen LogP contribution in [0.5, 0.6) is 5.75 Å². The summed E-state index contributed by atoms with van der Waals surface area (Å²) >= 11 is 5.90. The third kappa shape index (κ3) is 3.36. The van der Waals surface area contributed by atoms with E-state index >= 15 is 0 Å². The second-order valence-corrected chi connectivity index (χ2v) is 5.75. The Balaban J connectivity index is 1.97. The van der Waals surface area contributed by atoms with Gasteiger partial charge in [0.15, 0.2) is 0 Å². The third-order valence-corrected chi connectivity index (χ3v) is 3.83. The number of nitrogens with zero attached hydrogens (tertiary/aromatic N) is 3. The summed E-state index contributed by atoms with van der Waals surface area (Å²) in [5.74, 6) is 0.575. The van der Waals surface area contributed by atoms with E-state index in [9.17, 15) is 5.11 Å². The van der Waals surface area contributed by atoms with Crippen molar-refractivity contribution in [3.63, 3.8) is 0 Å². The van der Waals surface area contributed by atoms with Gasteiger partial charge in [0.05, 0.1) is 0 Å². The highest BCUT2D eigenvalue weighted by molar-refractivity contribution is 6.30. The first-order valence-electron chi connectivity index (χ1n) is 7.11. The molecule has 2 aromatic carbocycles. The van der Waals surface area contributed by atoms with Crippen LogP contribution in [0.2, 0.25) is 5.02 Å². The molecule has 2 unspecified atom stereocenters. The van der Waals surface area contributed by atoms with Gasteiger partial charge < -0.3 is 9.84 Å². The Morgan fingerprint density at radius 2 is 1.83 bits per heavy atom. The lowest BCUT2D eigenvalue weighted by Crippen LogP contribution is -2.38. The van der Waals surface area contributed by atoms with Crippen molar-refractivity contribution in [1.29, 1.82) is 0 Å². The standard InChI is InChI=1S/C17H16ClN3O2/c1-17(22,13-5-3-2-4-6-13)16(21-12-19-11-20-21)23-15-9-7-14(18)8-10-15/h2-12,16,22H,1H3. The van der Waals surface area contributed by atoms with Crippen LogP contribution >= 0.6 is 11.6 Å². The summed E-state index contributed by atoms with van der Waals surface area (Å²) in [6.07, 6.45) is 2.13. The van der Waals surface area contributed by atoms with E-state index in [-0.39, 0.29) is 0 Å². The Morgan fingerprint density at radius 1 is 1.13 bits per heavy atom. The van der Waals surface area contributed by atoms with Crippen LogP contribution in [0.3, 0.4) is 0 Å². The molecule has 3 aromatic rings. The fourth-order valence-electron chi connectivity index (χ4n) is 2.32. The molecule has 0 fully saturated rings. The molecule has 1 heterocycles. The molecule has 5 nitrogen and oxygen atoms in total. The molecular weight excluding hydrogens is 314 g/mol. The normalized spacial score (nSPS) is 14.9. The summed E-state index contributed by atoms with van der Waals surface area (Å²) < 4.78 is 7.47. The van der Waals surface area contributed by atoms with E-state index in [1.807, 2.05) is 30.3 Å². The number of ether oxygens (including phenoxy) is 1. The minimum Gasteiger partial charge on any atom is -0.465 e. The molecule has 0 bridgehead atoms. The quantitative estimate of drug-likeness (QED) is 0.779. The first-order valence-corrected chi connectivity index (χ1v) is 7.49. The second-order valence-electron chi connectivity index (χ2n) is 5.31. The molecule has 0 saturated carbocycles. The fraction of sp³-hybridized carbons (Fsp3) is 0.176. The molecule has 1 N–H and O–H groups in total. The van der Waals surface area contributed by atoms with Gasteiger partial charge in [0.25, 0.3) is 0 Å². The van der Waals surface area contributed by atoms with E-state index in [1.165, 1.54) is 17.3 Å². The van der Waals surface area contributed by atoms with Crippen LogP contribution in [0.15, 0.2) is 67.3 Å². The maximum atomic E-state index is 11.1. The maximum absolute atomic E-state index is 11.1. The topological polar surface area (TPSA) is 60.2 Å². The van der Waals surface area contributed by atoms with Gasteiger partial charge in [-0.2, -0.15) is 5.10 Å². The lowest BCUT2D eigenvalue weighted by atomic mass is 9.94. The fourth-order valence-corrected chi connectivity index (χ4v) is 2.45. The van der Waals surface area contributed by atoms with Crippen molar-refractivity contribution < 1.29 is 9.84 Å². The van der Waals surface area contributed by atoms with Crippen LogP contribution < -0.4 is 4.74 Å². The summed E-state index contributed by atoms with van der Waals surface area (Å²) in [7, 11) is 0. The number of benzene rings is 2. The van der Waals surface area contributed by atoms with Crippen LogP contribution in [0, 0.1) is 0 Å². The molecule has 0 amide bonds. The molecular formula is C17H16ClN3O2. The number of rotatable bonds is 5. The van der Waals surface area contributed by atoms with Crippen molar-refractivity contribution >= 4 is 11.6 Å². The molecule has 0 aliphatic carbocycles. The van der Waals surface area contributed by atoms with E-state index in [4.69, 9.17) is 16.3 Å². The van der Waals surface area contributed by atoms with Crippen molar-refractivity contribution in [2.24, 2.45) is 0 Å². The summed E-state index contributed by atoms with van der Waals surface area (Å²) in [4.78, 5) is 3.95. The zero-order chi connectivity index (χ0) is 16.3. The van der Waals surface area contributed by atoms with Crippen LogP contribution in [0.1, 0.15) is 18.7 Å². The predicted molar refractivity (Wildman–Crippen MR) is 87.2 cm³/mol. The van der Waals surface area contributed by atoms with E-state index < -0.39 is 11.8 Å². The predicted octanol–water partition coefficient (Wildman–Crippen LogP) is 3.42. The SMILES string of the molecule is CC(O)(c1ccccc1)C(Oc1ccc(Cl)cc1)n1cncn1. The Kier molecular flexibility index (Phi) is 4.32. The first kappa shape index (κ1) is 15.5. The Bertz CT molecular complexity index is 743. The van der Waals surface area contributed by atoms with Crippen LogP contribution in [0.4, 0.5) is 0 Å². The van der Waals surface area contributed by atoms with Crippen molar-refractivity contribution in [3.05, 3.63) is 77.8 Å². The number of hydrogen-bond acceptors (Lipinski definition) is 4. The third-order valence-electron chi connectivity index (χ3n) is 3.58. The van der Waals surface area contributed by atoms with Gasteiger partial charge in [-0.1, -0.05) is 41.9 Å². The molecule has 1 aromatic heterocycles. The van der Waals surface area contributed by atoms with Gasteiger partial charge in [0.2, 0.25) is 6.23 Å². The Hall–Kier alpha value is -2.37. The number of aliphatic hydroxyl groups is 1. The lowest BCUT2D eigenvalue weighted by Gasteiger charge is -2.33. The average molecular weight is 330 g/mol. The Labute approximate surface area is 139 Å². The van der Waals surface area contributed by atoms with Crippen LogP contribution in [0.25, 0.3) is 0 Å². The van der Waals surface area contributed by atoms with Crippen molar-refractivity contribution in [3.8, 4) is 5.75 Å². The van der Waals surface area contributed by atoms with E-state index in [0.29, 0.717) is 10.8 Å². The number of halogens is 1. The van der Waals surface area contributed by atoms with Crippen molar-refractivity contribution in [2.45, 2.75) is 18.8 Å². The van der Waals surface area contributed by atoms with Gasteiger partial charge in [-0.25, -0.2) is 9.67 Å². The van der Waals surface area contributed by atoms with Crippen LogP contribution in [-0.4, -0.2) is 19.9 Å². The van der Waals surface area contributed by atoms with Gasteiger partial charge in [-0.05, 0) is 36.8 Å². The summed E-state index contributed by atoms with van der Waals surface area (Å²) in [5, 5.41) is 15.8. The summed E-state index contributed by atoms with van der Waals surface area (Å²) in [6, 6.07) is 16.3. The molecule has 0 saturated heterocycles. The highest BCUT2D eigenvalue weighted by Gasteiger charge is 2.37. The minimum atomic E-state index is -1.31. The van der Waals surface area contributed by atoms with Crippen LogP contribution in [-0.2, 0) is 5.60 Å². The zero-order valence-corrected chi connectivity index (χ0v) is 13.3. The average Bonchev–Trinajstić information content (AvgIpc) is 3.09. The van der Waals surface area contributed by atoms with Crippen molar-refractivity contribution in [1.82, 2.24) is 14.8 Å². The molecule has 0 radical (unpaired) electrons. The van der Waals surface area contributed by atoms with Crippen molar-refractivity contribution in [2.75, 3.05) is 0 Å². The van der Waals surface area contributed by atoms with E-state index in [2.05, 4.69) is 10.1 Å². The highest BCUT2D eigenvalue weighted by atomic mass is 35.5. The molecule has 23 heavy (non-hydrogen) atoms. The number of hydrogen-bond donors (Lipinski definition) is 1. The molecule has 0 aliphatic rings.